The Morgan fingerprint density at radius 1 is 0.800 bits per heavy atom. The van der Waals surface area contributed by atoms with Gasteiger partial charge in [0.05, 0.1) is 6.20 Å². The number of halogens is 2. The molecule has 0 fully saturated rings. The smallest absolute Gasteiger partial charge is 0.181 e. The lowest BCUT2D eigenvalue weighted by Crippen LogP contribution is -1.94. The van der Waals surface area contributed by atoms with Crippen LogP contribution < -0.4 is 0 Å². The second-order valence-electron chi connectivity index (χ2n) is 4.18. The molecule has 5 heteroatoms. The van der Waals surface area contributed by atoms with Crippen LogP contribution in [0.1, 0.15) is 0 Å². The van der Waals surface area contributed by atoms with Gasteiger partial charge in [-0.1, -0.05) is 11.6 Å². The molecule has 0 aliphatic carbocycles. The normalized spacial score (nSPS) is 10.5. The van der Waals surface area contributed by atoms with Crippen molar-refractivity contribution in [3.8, 4) is 22.6 Å². The van der Waals surface area contributed by atoms with Crippen LogP contribution >= 0.6 is 11.6 Å². The highest BCUT2D eigenvalue weighted by atomic mass is 35.5. The van der Waals surface area contributed by atoms with Crippen molar-refractivity contribution in [1.82, 2.24) is 15.2 Å². The molecule has 3 aromatic rings. The van der Waals surface area contributed by atoms with Crippen molar-refractivity contribution in [2.75, 3.05) is 0 Å². The predicted octanol–water partition coefficient (Wildman–Crippen LogP) is 4.00. The van der Waals surface area contributed by atoms with Gasteiger partial charge in [0, 0.05) is 16.1 Å². The molecule has 0 radical (unpaired) electrons. The Bertz CT molecular complexity index is 645. The van der Waals surface area contributed by atoms with Crippen LogP contribution in [0.25, 0.3) is 22.6 Å². The van der Waals surface area contributed by atoms with Crippen molar-refractivity contribution >= 4 is 11.6 Å². The van der Waals surface area contributed by atoms with Crippen LogP contribution in [0.4, 0.5) is 4.39 Å². The molecule has 0 bridgehead atoms. The molecule has 0 saturated heterocycles. The van der Waals surface area contributed by atoms with E-state index in [0.717, 1.165) is 11.1 Å². The highest BCUT2D eigenvalue weighted by Crippen LogP contribution is 2.20. The Morgan fingerprint density at radius 3 is 2.05 bits per heavy atom. The minimum atomic E-state index is -0.285. The summed E-state index contributed by atoms with van der Waals surface area (Å²) >= 11 is 5.83. The first-order chi connectivity index (χ1) is 9.72. The van der Waals surface area contributed by atoms with Crippen LogP contribution in [0.15, 0.2) is 54.7 Å². The second-order valence-corrected chi connectivity index (χ2v) is 4.62. The lowest BCUT2D eigenvalue weighted by molar-refractivity contribution is 0.628. The highest BCUT2D eigenvalue weighted by molar-refractivity contribution is 6.30. The first-order valence-corrected chi connectivity index (χ1v) is 6.32. The van der Waals surface area contributed by atoms with E-state index in [1.165, 1.54) is 12.1 Å². The molecule has 20 heavy (non-hydrogen) atoms. The van der Waals surface area contributed by atoms with Gasteiger partial charge in [0.2, 0.25) is 0 Å². The number of hydrogen-bond acceptors (Lipinski definition) is 3. The van der Waals surface area contributed by atoms with E-state index < -0.39 is 0 Å². The Balaban J connectivity index is 1.91. The zero-order valence-electron chi connectivity index (χ0n) is 10.3. The quantitative estimate of drug-likeness (QED) is 0.714. The van der Waals surface area contributed by atoms with Gasteiger partial charge >= 0.3 is 0 Å². The van der Waals surface area contributed by atoms with E-state index in [4.69, 9.17) is 11.6 Å². The maximum absolute atomic E-state index is 12.9. The molecule has 0 aliphatic rings. The number of hydrogen-bond donors (Lipinski definition) is 0. The van der Waals surface area contributed by atoms with Crippen molar-refractivity contribution in [2.24, 2.45) is 0 Å². The summed E-state index contributed by atoms with van der Waals surface area (Å²) in [6.07, 6.45) is 1.62. The Labute approximate surface area is 120 Å². The number of benzene rings is 2. The monoisotopic (exact) mass is 285 g/mol. The van der Waals surface area contributed by atoms with Gasteiger partial charge in [-0.3, -0.25) is 0 Å². The molecule has 0 N–H and O–H groups in total. The zero-order chi connectivity index (χ0) is 13.9. The van der Waals surface area contributed by atoms with E-state index in [1.807, 2.05) is 12.1 Å². The van der Waals surface area contributed by atoms with Crippen molar-refractivity contribution in [3.05, 3.63) is 65.6 Å². The molecule has 1 aromatic heterocycles. The standard InChI is InChI=1S/C15H9ClFN3/c16-12-5-1-11(2-6-12)15-18-9-14(19-20-15)10-3-7-13(17)8-4-10/h1-9H. The summed E-state index contributed by atoms with van der Waals surface area (Å²) in [5.74, 6) is 0.236. The van der Waals surface area contributed by atoms with Crippen LogP contribution in [0, 0.1) is 5.82 Å². The molecule has 0 amide bonds. The Kier molecular flexibility index (Phi) is 3.39. The van der Waals surface area contributed by atoms with Gasteiger partial charge < -0.3 is 0 Å². The fourth-order valence-electron chi connectivity index (χ4n) is 1.76. The summed E-state index contributed by atoms with van der Waals surface area (Å²) in [4.78, 5) is 4.27. The van der Waals surface area contributed by atoms with E-state index in [-0.39, 0.29) is 5.82 Å². The fraction of sp³-hybridized carbons (Fsp3) is 0. The van der Waals surface area contributed by atoms with Gasteiger partial charge in [-0.2, -0.15) is 0 Å². The highest BCUT2D eigenvalue weighted by Gasteiger charge is 2.05. The fourth-order valence-corrected chi connectivity index (χ4v) is 1.89. The van der Waals surface area contributed by atoms with Crippen molar-refractivity contribution in [1.29, 1.82) is 0 Å². The summed E-state index contributed by atoms with van der Waals surface area (Å²) in [7, 11) is 0. The van der Waals surface area contributed by atoms with Gasteiger partial charge in [-0.15, -0.1) is 10.2 Å². The first-order valence-electron chi connectivity index (χ1n) is 5.94. The molecule has 0 unspecified atom stereocenters. The third-order valence-electron chi connectivity index (χ3n) is 2.80. The SMILES string of the molecule is Fc1ccc(-c2cnc(-c3ccc(Cl)cc3)nn2)cc1. The number of aromatic nitrogens is 3. The van der Waals surface area contributed by atoms with Gasteiger partial charge in [0.1, 0.15) is 11.5 Å². The molecule has 3 nitrogen and oxygen atoms in total. The molecule has 0 aliphatic heterocycles. The van der Waals surface area contributed by atoms with Crippen molar-refractivity contribution in [3.63, 3.8) is 0 Å². The number of nitrogens with zero attached hydrogens (tertiary/aromatic N) is 3. The van der Waals surface area contributed by atoms with Gasteiger partial charge in [0.25, 0.3) is 0 Å². The molecule has 0 saturated carbocycles. The van der Waals surface area contributed by atoms with E-state index >= 15 is 0 Å². The van der Waals surface area contributed by atoms with Crippen LogP contribution in [-0.2, 0) is 0 Å². The summed E-state index contributed by atoms with van der Waals surface area (Å²) in [6.45, 7) is 0. The van der Waals surface area contributed by atoms with Crippen LogP contribution in [0.2, 0.25) is 5.02 Å². The van der Waals surface area contributed by atoms with Crippen LogP contribution in [-0.4, -0.2) is 15.2 Å². The third-order valence-corrected chi connectivity index (χ3v) is 3.06. The molecule has 0 spiro atoms. The summed E-state index contributed by atoms with van der Waals surface area (Å²) in [5, 5.41) is 8.85. The van der Waals surface area contributed by atoms with E-state index in [9.17, 15) is 4.39 Å². The molecular weight excluding hydrogens is 277 g/mol. The summed E-state index contributed by atoms with van der Waals surface area (Å²) in [6, 6.07) is 13.2. The molecule has 0 atom stereocenters. The Hall–Kier alpha value is -2.33. The molecule has 98 valence electrons. The predicted molar refractivity (Wildman–Crippen MR) is 75.7 cm³/mol. The van der Waals surface area contributed by atoms with E-state index in [1.54, 1.807) is 30.5 Å². The third kappa shape index (κ3) is 2.65. The minimum absolute atomic E-state index is 0.285. The topological polar surface area (TPSA) is 38.7 Å². The van der Waals surface area contributed by atoms with Gasteiger partial charge in [0.15, 0.2) is 5.82 Å². The maximum Gasteiger partial charge on any atom is 0.181 e. The molecular formula is C15H9ClFN3. The first kappa shape index (κ1) is 12.7. The maximum atomic E-state index is 12.9. The van der Waals surface area contributed by atoms with Crippen LogP contribution in [0.3, 0.4) is 0 Å². The summed E-state index contributed by atoms with van der Waals surface area (Å²) in [5.41, 5.74) is 2.21. The average Bonchev–Trinajstić information content (AvgIpc) is 2.49. The van der Waals surface area contributed by atoms with Crippen molar-refractivity contribution in [2.45, 2.75) is 0 Å². The summed E-state index contributed by atoms with van der Waals surface area (Å²) < 4.78 is 12.9. The lowest BCUT2D eigenvalue weighted by atomic mass is 10.1. The van der Waals surface area contributed by atoms with E-state index in [0.29, 0.717) is 16.5 Å². The average molecular weight is 286 g/mol. The second kappa shape index (κ2) is 5.35. The lowest BCUT2D eigenvalue weighted by Gasteiger charge is -2.02. The Morgan fingerprint density at radius 2 is 1.45 bits per heavy atom. The molecule has 1 heterocycles. The van der Waals surface area contributed by atoms with Crippen LogP contribution in [0.5, 0.6) is 0 Å². The van der Waals surface area contributed by atoms with E-state index in [2.05, 4.69) is 15.2 Å². The largest absolute Gasteiger partial charge is 0.233 e. The number of rotatable bonds is 2. The molecule has 2 aromatic carbocycles. The zero-order valence-corrected chi connectivity index (χ0v) is 11.0. The molecule has 3 rings (SSSR count). The minimum Gasteiger partial charge on any atom is -0.233 e. The van der Waals surface area contributed by atoms with Crippen molar-refractivity contribution < 1.29 is 4.39 Å². The van der Waals surface area contributed by atoms with Gasteiger partial charge in [-0.25, -0.2) is 9.37 Å². The van der Waals surface area contributed by atoms with Gasteiger partial charge in [-0.05, 0) is 48.5 Å².